The molecule has 1 saturated heterocycles. The Kier molecular flexibility index (Phi) is 2.84. The Morgan fingerprint density at radius 1 is 1.62 bits per heavy atom. The van der Waals surface area contributed by atoms with Gasteiger partial charge in [-0.2, -0.15) is 0 Å². The van der Waals surface area contributed by atoms with Gasteiger partial charge in [0, 0.05) is 11.4 Å². The van der Waals surface area contributed by atoms with E-state index in [9.17, 15) is 0 Å². The van der Waals surface area contributed by atoms with E-state index in [0.717, 1.165) is 11.4 Å². The zero-order chi connectivity index (χ0) is 5.82. The highest BCUT2D eigenvalue weighted by molar-refractivity contribution is 9.09. The van der Waals surface area contributed by atoms with E-state index in [1.165, 1.54) is 25.8 Å². The van der Waals surface area contributed by atoms with Crippen LogP contribution in [0.15, 0.2) is 0 Å². The molecule has 8 heavy (non-hydrogen) atoms. The lowest BCUT2D eigenvalue weighted by molar-refractivity contribution is 0.593. The Labute approximate surface area is 59.0 Å². The van der Waals surface area contributed by atoms with Crippen LogP contribution in [0, 0.1) is 0 Å². The molecule has 1 aliphatic rings. The third-order valence-corrected chi connectivity index (χ3v) is 2.08. The van der Waals surface area contributed by atoms with Gasteiger partial charge in [0.2, 0.25) is 0 Å². The van der Waals surface area contributed by atoms with E-state index in [2.05, 4.69) is 21.2 Å². The van der Waals surface area contributed by atoms with Gasteiger partial charge in [0.15, 0.2) is 0 Å². The molecule has 0 saturated carbocycles. The van der Waals surface area contributed by atoms with Crippen LogP contribution >= 0.6 is 15.9 Å². The first kappa shape index (κ1) is 6.56. The molecule has 0 aromatic heterocycles. The molecule has 0 amide bonds. The minimum Gasteiger partial charge on any atom is -0.314 e. The topological polar surface area (TPSA) is 12.0 Å². The lowest BCUT2D eigenvalue weighted by Gasteiger charge is -2.04. The van der Waals surface area contributed by atoms with Crippen LogP contribution in [0.5, 0.6) is 0 Å². The standard InChI is InChI=1S/C6H12BrN/c7-4-3-6-2-1-5-8-6/h6,8H,1-5H2/t6-/m0/s1. The van der Waals surface area contributed by atoms with Crippen LogP contribution in [0.25, 0.3) is 0 Å². The number of nitrogens with one attached hydrogen (secondary N) is 1. The van der Waals surface area contributed by atoms with Gasteiger partial charge >= 0.3 is 0 Å². The van der Waals surface area contributed by atoms with Crippen molar-refractivity contribution in [1.82, 2.24) is 5.32 Å². The van der Waals surface area contributed by atoms with E-state index < -0.39 is 0 Å². The SMILES string of the molecule is BrCC[C@@H]1CCCN1. The molecule has 0 aromatic rings. The van der Waals surface area contributed by atoms with Crippen LogP contribution in [0.2, 0.25) is 0 Å². The highest BCUT2D eigenvalue weighted by Gasteiger charge is 2.11. The largest absolute Gasteiger partial charge is 0.314 e. The Bertz CT molecular complexity index is 59.5. The minimum atomic E-state index is 0.814. The van der Waals surface area contributed by atoms with Gasteiger partial charge in [-0.1, -0.05) is 15.9 Å². The fourth-order valence-corrected chi connectivity index (χ4v) is 1.69. The van der Waals surface area contributed by atoms with Crippen molar-refractivity contribution in [2.45, 2.75) is 25.3 Å². The summed E-state index contributed by atoms with van der Waals surface area (Å²) in [5.74, 6) is 0. The maximum atomic E-state index is 3.43. The third kappa shape index (κ3) is 1.75. The van der Waals surface area contributed by atoms with Crippen LogP contribution in [-0.4, -0.2) is 17.9 Å². The lowest BCUT2D eigenvalue weighted by Crippen LogP contribution is -2.21. The summed E-state index contributed by atoms with van der Waals surface area (Å²) >= 11 is 3.42. The lowest BCUT2D eigenvalue weighted by atomic mass is 10.2. The zero-order valence-corrected chi connectivity index (χ0v) is 6.58. The van der Waals surface area contributed by atoms with Gasteiger partial charge in [-0.05, 0) is 25.8 Å². The number of hydrogen-bond acceptors (Lipinski definition) is 1. The Morgan fingerprint density at radius 2 is 2.50 bits per heavy atom. The summed E-state index contributed by atoms with van der Waals surface area (Å²) < 4.78 is 0. The molecule has 0 radical (unpaired) electrons. The molecule has 0 aromatic carbocycles. The number of rotatable bonds is 2. The maximum Gasteiger partial charge on any atom is 0.00754 e. The van der Waals surface area contributed by atoms with Crippen LogP contribution in [0.4, 0.5) is 0 Å². The van der Waals surface area contributed by atoms with E-state index >= 15 is 0 Å². The van der Waals surface area contributed by atoms with Crippen molar-refractivity contribution in [2.24, 2.45) is 0 Å². The van der Waals surface area contributed by atoms with Crippen molar-refractivity contribution in [3.05, 3.63) is 0 Å². The van der Waals surface area contributed by atoms with Crippen LogP contribution in [0.1, 0.15) is 19.3 Å². The number of hydrogen-bond donors (Lipinski definition) is 1. The maximum absolute atomic E-state index is 3.43. The molecule has 0 bridgehead atoms. The Hall–Kier alpha value is 0.440. The summed E-state index contributed by atoms with van der Waals surface area (Å²) in [6.07, 6.45) is 4.04. The molecule has 1 aliphatic heterocycles. The molecular weight excluding hydrogens is 166 g/mol. The van der Waals surface area contributed by atoms with Crippen molar-refractivity contribution < 1.29 is 0 Å². The summed E-state index contributed by atoms with van der Waals surface area (Å²) in [5.41, 5.74) is 0. The van der Waals surface area contributed by atoms with Gasteiger partial charge in [-0.3, -0.25) is 0 Å². The molecule has 1 rings (SSSR count). The van der Waals surface area contributed by atoms with Crippen molar-refractivity contribution >= 4 is 15.9 Å². The second-order valence-electron chi connectivity index (χ2n) is 2.27. The fourth-order valence-electron chi connectivity index (χ4n) is 1.13. The summed E-state index contributed by atoms with van der Waals surface area (Å²) in [5, 5.41) is 4.57. The number of halogens is 1. The first-order valence-electron chi connectivity index (χ1n) is 3.23. The van der Waals surface area contributed by atoms with Crippen molar-refractivity contribution in [1.29, 1.82) is 0 Å². The van der Waals surface area contributed by atoms with Crippen LogP contribution < -0.4 is 5.32 Å². The van der Waals surface area contributed by atoms with Crippen LogP contribution in [0.3, 0.4) is 0 Å². The fraction of sp³-hybridized carbons (Fsp3) is 1.00. The summed E-state index contributed by atoms with van der Waals surface area (Å²) in [6.45, 7) is 1.23. The third-order valence-electron chi connectivity index (χ3n) is 1.62. The summed E-state index contributed by atoms with van der Waals surface area (Å²) in [6, 6.07) is 0.814. The molecule has 1 heterocycles. The van der Waals surface area contributed by atoms with E-state index in [1.54, 1.807) is 0 Å². The van der Waals surface area contributed by atoms with E-state index in [4.69, 9.17) is 0 Å². The molecule has 0 spiro atoms. The minimum absolute atomic E-state index is 0.814. The molecule has 0 unspecified atom stereocenters. The Morgan fingerprint density at radius 3 is 3.00 bits per heavy atom. The van der Waals surface area contributed by atoms with Crippen LogP contribution in [-0.2, 0) is 0 Å². The average Bonchev–Trinajstić information content (AvgIpc) is 2.19. The van der Waals surface area contributed by atoms with Crippen molar-refractivity contribution in [3.8, 4) is 0 Å². The first-order valence-corrected chi connectivity index (χ1v) is 4.35. The molecular formula is C6H12BrN. The second kappa shape index (κ2) is 3.46. The van der Waals surface area contributed by atoms with Gasteiger partial charge in [0.05, 0.1) is 0 Å². The van der Waals surface area contributed by atoms with E-state index in [-0.39, 0.29) is 0 Å². The predicted molar refractivity (Wildman–Crippen MR) is 39.4 cm³/mol. The van der Waals surface area contributed by atoms with Gasteiger partial charge in [-0.25, -0.2) is 0 Å². The molecule has 1 N–H and O–H groups in total. The normalized spacial score (nSPS) is 28.9. The molecule has 0 aliphatic carbocycles. The quantitative estimate of drug-likeness (QED) is 0.632. The van der Waals surface area contributed by atoms with E-state index in [1.807, 2.05) is 0 Å². The molecule has 2 heteroatoms. The molecule has 1 atom stereocenters. The molecule has 48 valence electrons. The molecule has 1 fully saturated rings. The zero-order valence-electron chi connectivity index (χ0n) is 4.99. The van der Waals surface area contributed by atoms with Gasteiger partial charge < -0.3 is 5.32 Å². The average molecular weight is 178 g/mol. The second-order valence-corrected chi connectivity index (χ2v) is 3.06. The highest BCUT2D eigenvalue weighted by Crippen LogP contribution is 2.08. The first-order chi connectivity index (χ1) is 3.93. The smallest absolute Gasteiger partial charge is 0.00754 e. The van der Waals surface area contributed by atoms with Crippen molar-refractivity contribution in [2.75, 3.05) is 11.9 Å². The van der Waals surface area contributed by atoms with Gasteiger partial charge in [0.1, 0.15) is 0 Å². The van der Waals surface area contributed by atoms with E-state index in [0.29, 0.717) is 0 Å². The molecule has 1 nitrogen and oxygen atoms in total. The highest BCUT2D eigenvalue weighted by atomic mass is 79.9. The summed E-state index contributed by atoms with van der Waals surface area (Å²) in [4.78, 5) is 0. The monoisotopic (exact) mass is 177 g/mol. The Balaban J connectivity index is 2.06. The predicted octanol–water partition coefficient (Wildman–Crippen LogP) is 1.52. The van der Waals surface area contributed by atoms with Gasteiger partial charge in [-0.15, -0.1) is 0 Å². The van der Waals surface area contributed by atoms with Crippen molar-refractivity contribution in [3.63, 3.8) is 0 Å². The number of alkyl halides is 1. The summed E-state index contributed by atoms with van der Waals surface area (Å²) in [7, 11) is 0. The van der Waals surface area contributed by atoms with Gasteiger partial charge in [0.25, 0.3) is 0 Å².